The van der Waals surface area contributed by atoms with E-state index in [9.17, 15) is 10.1 Å². The minimum absolute atomic E-state index is 0.0338. The minimum Gasteiger partial charge on any atom is -0.327 e. The lowest BCUT2D eigenvalue weighted by atomic mass is 9.52. The fourth-order valence-electron chi connectivity index (χ4n) is 3.47. The average Bonchev–Trinajstić information content (AvgIpc) is 2.37. The van der Waals surface area contributed by atoms with Gasteiger partial charge in [0.15, 0.2) is 0 Å². The van der Waals surface area contributed by atoms with Crippen LogP contribution in [0.15, 0.2) is 24.3 Å². The molecule has 0 heterocycles. The molecule has 18 heavy (non-hydrogen) atoms. The van der Waals surface area contributed by atoms with Gasteiger partial charge in [0, 0.05) is 17.7 Å². The summed E-state index contributed by atoms with van der Waals surface area (Å²) in [6.07, 6.45) is 2.80. The zero-order valence-corrected chi connectivity index (χ0v) is 10.9. The molecular weight excluding hydrogens is 228 g/mol. The molecule has 4 heteroatoms. The molecule has 0 amide bonds. The van der Waals surface area contributed by atoms with Gasteiger partial charge in [-0.05, 0) is 30.6 Å². The van der Waals surface area contributed by atoms with Gasteiger partial charge in [0.05, 0.1) is 4.92 Å². The van der Waals surface area contributed by atoms with Crippen LogP contribution in [-0.2, 0) is 0 Å². The number of benzene rings is 1. The Morgan fingerprint density at radius 2 is 2.00 bits per heavy atom. The Balaban J connectivity index is 2.42. The average molecular weight is 248 g/mol. The summed E-state index contributed by atoms with van der Waals surface area (Å²) in [7, 11) is 0. The molecule has 1 aromatic carbocycles. The van der Waals surface area contributed by atoms with Crippen molar-refractivity contribution in [3.63, 3.8) is 0 Å². The third-order valence-electron chi connectivity index (χ3n) is 4.75. The number of nitro benzene ring substituents is 1. The zero-order chi connectivity index (χ0) is 13.3. The fraction of sp³-hybridized carbons (Fsp3) is 0.571. The maximum Gasteiger partial charge on any atom is 0.272 e. The first-order chi connectivity index (χ1) is 8.56. The van der Waals surface area contributed by atoms with E-state index in [1.54, 1.807) is 12.1 Å². The molecule has 98 valence electrons. The first-order valence-electron chi connectivity index (χ1n) is 6.55. The van der Waals surface area contributed by atoms with Crippen LogP contribution in [0, 0.1) is 15.5 Å². The Labute approximate surface area is 107 Å². The van der Waals surface area contributed by atoms with E-state index in [1.165, 1.54) is 0 Å². The van der Waals surface area contributed by atoms with Crippen LogP contribution in [0.4, 0.5) is 5.69 Å². The maximum atomic E-state index is 11.1. The van der Waals surface area contributed by atoms with Crippen LogP contribution in [0.1, 0.15) is 44.6 Å². The minimum atomic E-state index is -0.282. The molecule has 0 spiro atoms. The molecule has 2 rings (SSSR count). The lowest BCUT2D eigenvalue weighted by molar-refractivity contribution is -0.386. The van der Waals surface area contributed by atoms with Crippen molar-refractivity contribution < 1.29 is 4.92 Å². The van der Waals surface area contributed by atoms with Gasteiger partial charge in [0.1, 0.15) is 0 Å². The monoisotopic (exact) mass is 248 g/mol. The molecule has 0 bridgehead atoms. The Bertz CT molecular complexity index is 455. The molecule has 0 radical (unpaired) electrons. The first kappa shape index (κ1) is 13.0. The number of hydrogen-bond acceptors (Lipinski definition) is 3. The molecule has 1 fully saturated rings. The normalized spacial score (nSPS) is 25.5. The molecule has 2 atom stereocenters. The second-order valence-electron chi connectivity index (χ2n) is 5.15. The van der Waals surface area contributed by atoms with Crippen molar-refractivity contribution in [2.45, 2.75) is 45.1 Å². The molecule has 1 aliphatic rings. The zero-order valence-electron chi connectivity index (χ0n) is 10.9. The van der Waals surface area contributed by atoms with Gasteiger partial charge in [-0.15, -0.1) is 0 Å². The third kappa shape index (κ3) is 1.72. The van der Waals surface area contributed by atoms with Crippen LogP contribution in [0.25, 0.3) is 0 Å². The Kier molecular flexibility index (Phi) is 3.39. The van der Waals surface area contributed by atoms with Crippen molar-refractivity contribution >= 4 is 5.69 Å². The van der Waals surface area contributed by atoms with Crippen LogP contribution >= 0.6 is 0 Å². The standard InChI is InChI=1S/C14H20N2O2/c1-3-14(4-2)11(9-13(14)15)10-7-5-6-8-12(10)16(17)18/h5-8,11,13H,3-4,9,15H2,1-2H3. The summed E-state index contributed by atoms with van der Waals surface area (Å²) in [4.78, 5) is 10.8. The van der Waals surface area contributed by atoms with E-state index >= 15 is 0 Å². The summed E-state index contributed by atoms with van der Waals surface area (Å²) in [5.74, 6) is 0.226. The molecule has 4 nitrogen and oxygen atoms in total. The Hall–Kier alpha value is -1.42. The second kappa shape index (κ2) is 4.69. The highest BCUT2D eigenvalue weighted by molar-refractivity contribution is 5.45. The summed E-state index contributed by atoms with van der Waals surface area (Å²) in [6, 6.07) is 7.24. The number of rotatable bonds is 4. The quantitative estimate of drug-likeness (QED) is 0.657. The van der Waals surface area contributed by atoms with E-state index in [2.05, 4.69) is 13.8 Å². The lowest BCUT2D eigenvalue weighted by Crippen LogP contribution is -2.55. The van der Waals surface area contributed by atoms with E-state index in [-0.39, 0.29) is 28.0 Å². The lowest BCUT2D eigenvalue weighted by Gasteiger charge is -2.54. The van der Waals surface area contributed by atoms with Crippen molar-refractivity contribution in [3.8, 4) is 0 Å². The summed E-state index contributed by atoms with van der Waals surface area (Å²) in [5, 5.41) is 11.1. The van der Waals surface area contributed by atoms with Gasteiger partial charge in [-0.25, -0.2) is 0 Å². The van der Waals surface area contributed by atoms with Gasteiger partial charge in [-0.2, -0.15) is 0 Å². The summed E-state index contributed by atoms with van der Waals surface area (Å²) < 4.78 is 0. The van der Waals surface area contributed by atoms with Gasteiger partial charge in [0.25, 0.3) is 5.69 Å². The van der Waals surface area contributed by atoms with Crippen LogP contribution in [0.2, 0.25) is 0 Å². The predicted molar refractivity (Wildman–Crippen MR) is 71.4 cm³/mol. The Morgan fingerprint density at radius 1 is 1.39 bits per heavy atom. The highest BCUT2D eigenvalue weighted by atomic mass is 16.6. The van der Waals surface area contributed by atoms with E-state index < -0.39 is 0 Å². The van der Waals surface area contributed by atoms with Gasteiger partial charge >= 0.3 is 0 Å². The van der Waals surface area contributed by atoms with Gasteiger partial charge in [0.2, 0.25) is 0 Å². The van der Waals surface area contributed by atoms with E-state index in [0.717, 1.165) is 24.8 Å². The second-order valence-corrected chi connectivity index (χ2v) is 5.15. The molecular formula is C14H20N2O2. The van der Waals surface area contributed by atoms with Gasteiger partial charge < -0.3 is 5.73 Å². The molecule has 1 aromatic rings. The van der Waals surface area contributed by atoms with Crippen LogP contribution < -0.4 is 5.73 Å². The van der Waals surface area contributed by atoms with Crippen LogP contribution in [0.3, 0.4) is 0 Å². The molecule has 0 saturated heterocycles. The molecule has 0 aromatic heterocycles. The topological polar surface area (TPSA) is 69.2 Å². The molecule has 1 aliphatic carbocycles. The number of nitrogens with zero attached hydrogens (tertiary/aromatic N) is 1. The summed E-state index contributed by atoms with van der Waals surface area (Å²) in [6.45, 7) is 4.26. The number of para-hydroxylation sites is 1. The molecule has 2 N–H and O–H groups in total. The van der Waals surface area contributed by atoms with Gasteiger partial charge in [-0.1, -0.05) is 32.0 Å². The summed E-state index contributed by atoms with van der Waals surface area (Å²) >= 11 is 0. The van der Waals surface area contributed by atoms with Crippen molar-refractivity contribution in [2.24, 2.45) is 11.1 Å². The highest BCUT2D eigenvalue weighted by Gasteiger charge is 2.52. The van der Waals surface area contributed by atoms with Crippen molar-refractivity contribution in [1.29, 1.82) is 0 Å². The van der Waals surface area contributed by atoms with E-state index in [1.807, 2.05) is 12.1 Å². The largest absolute Gasteiger partial charge is 0.327 e. The smallest absolute Gasteiger partial charge is 0.272 e. The van der Waals surface area contributed by atoms with E-state index in [0.29, 0.717) is 0 Å². The maximum absolute atomic E-state index is 11.1. The Morgan fingerprint density at radius 3 is 2.50 bits per heavy atom. The first-order valence-corrected chi connectivity index (χ1v) is 6.55. The summed E-state index contributed by atoms with van der Waals surface area (Å²) in [5.41, 5.74) is 7.29. The number of nitrogens with two attached hydrogens (primary N) is 1. The van der Waals surface area contributed by atoms with Crippen molar-refractivity contribution in [3.05, 3.63) is 39.9 Å². The van der Waals surface area contributed by atoms with Crippen LogP contribution in [0.5, 0.6) is 0 Å². The van der Waals surface area contributed by atoms with Crippen molar-refractivity contribution in [2.75, 3.05) is 0 Å². The van der Waals surface area contributed by atoms with Crippen molar-refractivity contribution in [1.82, 2.24) is 0 Å². The number of hydrogen-bond donors (Lipinski definition) is 1. The number of nitro groups is 1. The molecule has 1 saturated carbocycles. The molecule has 2 unspecified atom stereocenters. The third-order valence-corrected chi connectivity index (χ3v) is 4.75. The fourth-order valence-corrected chi connectivity index (χ4v) is 3.47. The SMILES string of the molecule is CCC1(CC)C(N)CC1c1ccccc1[N+](=O)[O-]. The van der Waals surface area contributed by atoms with Crippen LogP contribution in [-0.4, -0.2) is 11.0 Å². The molecule has 0 aliphatic heterocycles. The predicted octanol–water partition coefficient (Wildman–Crippen LogP) is 3.22. The van der Waals surface area contributed by atoms with Gasteiger partial charge in [-0.3, -0.25) is 10.1 Å². The highest BCUT2D eigenvalue weighted by Crippen LogP contribution is 2.57. The van der Waals surface area contributed by atoms with E-state index in [4.69, 9.17) is 5.73 Å².